The summed E-state index contributed by atoms with van der Waals surface area (Å²) in [5.41, 5.74) is 0.603. The first-order valence-electron chi connectivity index (χ1n) is 8.84. The molecule has 1 N–H and O–H groups in total. The van der Waals surface area contributed by atoms with Crippen molar-refractivity contribution in [2.75, 3.05) is 0 Å². The van der Waals surface area contributed by atoms with Crippen molar-refractivity contribution < 1.29 is 17.7 Å². The quantitative estimate of drug-likeness (QED) is 0.439. The minimum atomic E-state index is -4.36. The van der Waals surface area contributed by atoms with E-state index < -0.39 is 10.1 Å². The fourth-order valence-corrected chi connectivity index (χ4v) is 3.71. The minimum absolute atomic E-state index is 0.118. The summed E-state index contributed by atoms with van der Waals surface area (Å²) in [7, 11) is -4.36. The summed E-state index contributed by atoms with van der Waals surface area (Å²) < 4.78 is 39.2. The molecule has 0 aromatic heterocycles. The molecule has 0 heterocycles. The Morgan fingerprint density at radius 1 is 0.880 bits per heavy atom. The van der Waals surface area contributed by atoms with E-state index in [1.165, 1.54) is 19.3 Å². The zero-order chi connectivity index (χ0) is 18.1. The van der Waals surface area contributed by atoms with Gasteiger partial charge in [-0.2, -0.15) is 8.42 Å². The van der Waals surface area contributed by atoms with Crippen molar-refractivity contribution in [3.63, 3.8) is 0 Å². The number of para-hydroxylation sites is 1. The summed E-state index contributed by atoms with van der Waals surface area (Å²) in [6, 6.07) is 14.0. The molecule has 0 saturated heterocycles. The molecule has 4 nitrogen and oxygen atoms in total. The normalized spacial score (nSPS) is 11.4. The Morgan fingerprint density at radius 3 is 2.24 bits per heavy atom. The maximum absolute atomic E-state index is 11.9. The number of ether oxygens (including phenoxy) is 1. The van der Waals surface area contributed by atoms with Crippen molar-refractivity contribution in [3.8, 4) is 11.5 Å². The highest BCUT2D eigenvalue weighted by Gasteiger charge is 2.21. The standard InChI is InChI=1S/C20H26O4S/c1-2-3-4-5-6-8-12-17-13-11-16-19(20(17)25(21,22)23)24-18-14-9-7-10-15-18/h7,9-11,13-16H,2-6,8,12H2,1H3,(H,21,22,23). The highest BCUT2D eigenvalue weighted by atomic mass is 32.2. The largest absolute Gasteiger partial charge is 0.456 e. The Kier molecular flexibility index (Phi) is 7.47. The third-order valence-electron chi connectivity index (χ3n) is 4.09. The monoisotopic (exact) mass is 362 g/mol. The van der Waals surface area contributed by atoms with E-state index in [0.29, 0.717) is 17.7 Å². The van der Waals surface area contributed by atoms with Crippen LogP contribution in [0.1, 0.15) is 51.0 Å². The zero-order valence-electron chi connectivity index (χ0n) is 14.6. The van der Waals surface area contributed by atoms with Crippen LogP contribution in [-0.2, 0) is 16.5 Å². The van der Waals surface area contributed by atoms with Gasteiger partial charge in [-0.15, -0.1) is 0 Å². The van der Waals surface area contributed by atoms with Gasteiger partial charge in [0.25, 0.3) is 10.1 Å². The molecular formula is C20H26O4S. The van der Waals surface area contributed by atoms with E-state index in [1.807, 2.05) is 18.2 Å². The van der Waals surface area contributed by atoms with Crippen LogP contribution in [0.2, 0.25) is 0 Å². The lowest BCUT2D eigenvalue weighted by Gasteiger charge is -2.13. The van der Waals surface area contributed by atoms with Gasteiger partial charge in [0.1, 0.15) is 16.4 Å². The van der Waals surface area contributed by atoms with Gasteiger partial charge >= 0.3 is 0 Å². The van der Waals surface area contributed by atoms with Gasteiger partial charge in [-0.25, -0.2) is 0 Å². The molecule has 2 aromatic carbocycles. The van der Waals surface area contributed by atoms with E-state index in [-0.39, 0.29) is 10.6 Å². The van der Waals surface area contributed by atoms with Gasteiger partial charge in [0.05, 0.1) is 0 Å². The van der Waals surface area contributed by atoms with Gasteiger partial charge in [0, 0.05) is 0 Å². The lowest BCUT2D eigenvalue weighted by Crippen LogP contribution is -2.06. The first-order chi connectivity index (χ1) is 12.0. The molecule has 2 aromatic rings. The van der Waals surface area contributed by atoms with E-state index in [1.54, 1.807) is 30.3 Å². The van der Waals surface area contributed by atoms with E-state index in [0.717, 1.165) is 19.3 Å². The second-order valence-electron chi connectivity index (χ2n) is 6.15. The van der Waals surface area contributed by atoms with E-state index in [4.69, 9.17) is 4.74 Å². The van der Waals surface area contributed by atoms with E-state index in [2.05, 4.69) is 6.92 Å². The highest BCUT2D eigenvalue weighted by Crippen LogP contribution is 2.32. The van der Waals surface area contributed by atoms with Gasteiger partial charge in [0.15, 0.2) is 0 Å². The van der Waals surface area contributed by atoms with E-state index >= 15 is 0 Å². The molecule has 0 aliphatic heterocycles. The van der Waals surface area contributed by atoms with Crippen LogP contribution in [-0.4, -0.2) is 13.0 Å². The molecule has 0 bridgehead atoms. The number of aryl methyl sites for hydroxylation is 1. The highest BCUT2D eigenvalue weighted by molar-refractivity contribution is 7.86. The average molecular weight is 362 g/mol. The third-order valence-corrected chi connectivity index (χ3v) is 5.07. The van der Waals surface area contributed by atoms with Crippen LogP contribution in [0, 0.1) is 0 Å². The lowest BCUT2D eigenvalue weighted by atomic mass is 10.0. The van der Waals surface area contributed by atoms with Gasteiger partial charge in [-0.1, -0.05) is 69.4 Å². The number of hydrogen-bond donors (Lipinski definition) is 1. The topological polar surface area (TPSA) is 63.6 Å². The Labute approximate surface area is 150 Å². The predicted molar refractivity (Wildman–Crippen MR) is 99.9 cm³/mol. The number of rotatable bonds is 10. The van der Waals surface area contributed by atoms with Gasteiger partial charge in [-0.05, 0) is 36.6 Å². The summed E-state index contributed by atoms with van der Waals surface area (Å²) in [5, 5.41) is 0. The molecule has 0 atom stereocenters. The molecule has 0 aliphatic rings. The summed E-state index contributed by atoms with van der Waals surface area (Å²) in [5.74, 6) is 0.696. The van der Waals surface area contributed by atoms with E-state index in [9.17, 15) is 13.0 Å². The molecule has 25 heavy (non-hydrogen) atoms. The Balaban J connectivity index is 2.15. The summed E-state index contributed by atoms with van der Waals surface area (Å²) in [4.78, 5) is -0.118. The minimum Gasteiger partial charge on any atom is -0.456 e. The summed E-state index contributed by atoms with van der Waals surface area (Å²) in [6.45, 7) is 2.18. The number of hydrogen-bond acceptors (Lipinski definition) is 3. The smallest absolute Gasteiger partial charge is 0.298 e. The van der Waals surface area contributed by atoms with Crippen molar-refractivity contribution in [2.24, 2.45) is 0 Å². The molecule has 0 aliphatic carbocycles. The fraction of sp³-hybridized carbons (Fsp3) is 0.400. The molecular weight excluding hydrogens is 336 g/mol. The Hall–Kier alpha value is -1.85. The molecule has 0 amide bonds. The first kappa shape index (κ1) is 19.5. The second kappa shape index (κ2) is 9.59. The molecule has 0 saturated carbocycles. The van der Waals surface area contributed by atoms with Crippen LogP contribution >= 0.6 is 0 Å². The van der Waals surface area contributed by atoms with Crippen LogP contribution in [0.15, 0.2) is 53.4 Å². The molecule has 5 heteroatoms. The number of unbranched alkanes of at least 4 members (excludes halogenated alkanes) is 5. The van der Waals surface area contributed by atoms with Crippen molar-refractivity contribution in [3.05, 3.63) is 54.1 Å². The van der Waals surface area contributed by atoms with Crippen LogP contribution in [0.3, 0.4) is 0 Å². The van der Waals surface area contributed by atoms with Crippen LogP contribution in [0.5, 0.6) is 11.5 Å². The van der Waals surface area contributed by atoms with Gasteiger partial charge in [0.2, 0.25) is 0 Å². The molecule has 136 valence electrons. The van der Waals surface area contributed by atoms with Crippen LogP contribution in [0.25, 0.3) is 0 Å². The van der Waals surface area contributed by atoms with Gasteiger partial charge < -0.3 is 4.74 Å². The van der Waals surface area contributed by atoms with Crippen LogP contribution in [0.4, 0.5) is 0 Å². The van der Waals surface area contributed by atoms with Crippen LogP contribution < -0.4 is 4.74 Å². The lowest BCUT2D eigenvalue weighted by molar-refractivity contribution is 0.447. The number of benzene rings is 2. The molecule has 0 fully saturated rings. The fourth-order valence-electron chi connectivity index (χ4n) is 2.84. The third kappa shape index (κ3) is 6.18. The molecule has 0 radical (unpaired) electrons. The zero-order valence-corrected chi connectivity index (χ0v) is 15.5. The average Bonchev–Trinajstić information content (AvgIpc) is 2.58. The second-order valence-corrected chi connectivity index (χ2v) is 7.51. The molecule has 0 unspecified atom stereocenters. The molecule has 2 rings (SSSR count). The maximum atomic E-state index is 11.9. The van der Waals surface area contributed by atoms with Crippen molar-refractivity contribution in [2.45, 2.75) is 56.8 Å². The SMILES string of the molecule is CCCCCCCCc1cccc(Oc2ccccc2)c1S(=O)(=O)O. The predicted octanol–water partition coefficient (Wildman–Crippen LogP) is 5.63. The van der Waals surface area contributed by atoms with Gasteiger partial charge in [-0.3, -0.25) is 4.55 Å². The maximum Gasteiger partial charge on any atom is 0.298 e. The first-order valence-corrected chi connectivity index (χ1v) is 10.3. The van der Waals surface area contributed by atoms with Crippen molar-refractivity contribution in [1.29, 1.82) is 0 Å². The molecule has 0 spiro atoms. The summed E-state index contributed by atoms with van der Waals surface area (Å²) in [6.07, 6.45) is 7.33. The van der Waals surface area contributed by atoms with Crippen molar-refractivity contribution >= 4 is 10.1 Å². The summed E-state index contributed by atoms with van der Waals surface area (Å²) >= 11 is 0. The Bertz CT molecular complexity index is 755. The van der Waals surface area contributed by atoms with Crippen molar-refractivity contribution in [1.82, 2.24) is 0 Å². The Morgan fingerprint density at radius 2 is 1.56 bits per heavy atom.